The van der Waals surface area contributed by atoms with Gasteiger partial charge in [-0.25, -0.2) is 23.1 Å². The topological polar surface area (TPSA) is 71.0 Å². The molecule has 0 spiro atoms. The molecule has 35 heavy (non-hydrogen) atoms. The number of nitrogens with zero attached hydrogens (tertiary/aromatic N) is 4. The van der Waals surface area contributed by atoms with Crippen LogP contribution in [0.5, 0.6) is 0 Å². The van der Waals surface area contributed by atoms with Crippen LogP contribution in [0, 0.1) is 24.4 Å². The Labute approximate surface area is 203 Å². The fraction of sp³-hybridized carbons (Fsp3) is 0.280. The number of carbonyl (C=O) groups is 1. The molecule has 0 bridgehead atoms. The number of piperidine rings is 1. The number of anilines is 1. The third-order valence-corrected chi connectivity index (χ3v) is 7.05. The first kappa shape index (κ1) is 23.2. The minimum absolute atomic E-state index is 0.109. The quantitative estimate of drug-likeness (QED) is 0.390. The van der Waals surface area contributed by atoms with Crippen molar-refractivity contribution < 1.29 is 18.0 Å². The predicted octanol–water partition coefficient (Wildman–Crippen LogP) is 5.59. The molecule has 2 aromatic carbocycles. The summed E-state index contributed by atoms with van der Waals surface area (Å²) < 4.78 is 40.5. The molecular weight excluding hydrogens is 475 g/mol. The highest BCUT2D eigenvalue weighted by Crippen LogP contribution is 2.32. The molecule has 4 aromatic rings. The van der Waals surface area contributed by atoms with Gasteiger partial charge in [-0.15, -0.1) is 11.3 Å². The van der Waals surface area contributed by atoms with Crippen molar-refractivity contribution in [1.82, 2.24) is 19.9 Å². The number of thiazole rings is 1. The number of benzene rings is 2. The molecule has 3 heterocycles. The van der Waals surface area contributed by atoms with Crippen LogP contribution in [0.1, 0.15) is 34.8 Å². The summed E-state index contributed by atoms with van der Waals surface area (Å²) in [5.74, 6) is -2.04. The molecule has 0 aliphatic carbocycles. The Morgan fingerprint density at radius 2 is 1.83 bits per heavy atom. The highest BCUT2D eigenvalue weighted by molar-refractivity contribution is 7.15. The number of likely N-dealkylation sites (tertiary alicyclic amines) is 1. The van der Waals surface area contributed by atoms with Crippen LogP contribution in [-0.2, 0) is 0 Å². The molecule has 1 unspecified atom stereocenters. The van der Waals surface area contributed by atoms with Crippen LogP contribution in [0.4, 0.5) is 19.0 Å². The largest absolute Gasteiger partial charge is 0.367 e. The summed E-state index contributed by atoms with van der Waals surface area (Å²) in [7, 11) is 0. The van der Waals surface area contributed by atoms with Gasteiger partial charge in [0.25, 0.3) is 5.91 Å². The lowest BCUT2D eigenvalue weighted by molar-refractivity contribution is 0.0623. The average Bonchev–Trinajstić information content (AvgIpc) is 3.25. The lowest BCUT2D eigenvalue weighted by atomic mass is 10.0. The zero-order valence-corrected chi connectivity index (χ0v) is 19.7. The van der Waals surface area contributed by atoms with Gasteiger partial charge in [-0.3, -0.25) is 9.78 Å². The van der Waals surface area contributed by atoms with E-state index in [4.69, 9.17) is 0 Å². The third-order valence-electron chi connectivity index (χ3n) is 6.03. The Morgan fingerprint density at radius 1 is 1.09 bits per heavy atom. The van der Waals surface area contributed by atoms with E-state index in [1.54, 1.807) is 12.1 Å². The average molecular weight is 498 g/mol. The first-order valence-electron chi connectivity index (χ1n) is 11.3. The van der Waals surface area contributed by atoms with E-state index in [9.17, 15) is 18.0 Å². The van der Waals surface area contributed by atoms with Crippen molar-refractivity contribution in [2.24, 2.45) is 0 Å². The monoisotopic (exact) mass is 497 g/mol. The van der Waals surface area contributed by atoms with Gasteiger partial charge in [0, 0.05) is 31.3 Å². The number of halogens is 3. The second kappa shape index (κ2) is 9.61. The minimum Gasteiger partial charge on any atom is -0.367 e. The minimum atomic E-state index is -0.983. The molecular formula is C25H22F3N5OS. The Balaban J connectivity index is 1.36. The molecule has 180 valence electrons. The van der Waals surface area contributed by atoms with Crippen LogP contribution >= 0.6 is 11.3 Å². The number of nitrogens with one attached hydrogen (secondary N) is 1. The van der Waals surface area contributed by atoms with Crippen molar-refractivity contribution in [2.75, 3.05) is 18.4 Å². The molecule has 1 saturated heterocycles. The van der Waals surface area contributed by atoms with E-state index in [2.05, 4.69) is 20.3 Å². The van der Waals surface area contributed by atoms with Crippen LogP contribution in [0.2, 0.25) is 0 Å². The second-order valence-corrected chi connectivity index (χ2v) is 9.66. The van der Waals surface area contributed by atoms with Crippen molar-refractivity contribution in [3.63, 3.8) is 0 Å². The summed E-state index contributed by atoms with van der Waals surface area (Å²) in [4.78, 5) is 29.1. The first-order valence-corrected chi connectivity index (χ1v) is 12.1. The SMILES string of the molecule is Cc1nc(C(=O)N2CCCCC2CNc2cnc3cc(F)c(F)cc3n2)c(-c2ccc(F)cc2)s1. The van der Waals surface area contributed by atoms with Crippen LogP contribution in [0.3, 0.4) is 0 Å². The van der Waals surface area contributed by atoms with Gasteiger partial charge in [0.15, 0.2) is 11.6 Å². The molecule has 1 amide bonds. The molecule has 1 N–H and O–H groups in total. The Hall–Kier alpha value is -3.53. The summed E-state index contributed by atoms with van der Waals surface area (Å²) in [5.41, 5.74) is 1.62. The number of hydrogen-bond donors (Lipinski definition) is 1. The lowest BCUT2D eigenvalue weighted by Gasteiger charge is -2.35. The highest BCUT2D eigenvalue weighted by Gasteiger charge is 2.31. The van der Waals surface area contributed by atoms with Gasteiger partial charge >= 0.3 is 0 Å². The van der Waals surface area contributed by atoms with E-state index in [1.165, 1.54) is 29.7 Å². The number of amides is 1. The number of carbonyl (C=O) groups excluding carboxylic acids is 1. The highest BCUT2D eigenvalue weighted by atomic mass is 32.1. The molecule has 1 fully saturated rings. The van der Waals surface area contributed by atoms with Crippen molar-refractivity contribution in [3.8, 4) is 10.4 Å². The number of aromatic nitrogens is 3. The molecule has 1 aliphatic heterocycles. The van der Waals surface area contributed by atoms with Gasteiger partial charge in [0.1, 0.15) is 17.3 Å². The van der Waals surface area contributed by atoms with E-state index < -0.39 is 11.6 Å². The maximum Gasteiger partial charge on any atom is 0.274 e. The van der Waals surface area contributed by atoms with Gasteiger partial charge < -0.3 is 10.2 Å². The smallest absolute Gasteiger partial charge is 0.274 e. The molecule has 2 aromatic heterocycles. The molecule has 1 atom stereocenters. The number of rotatable bonds is 5. The second-order valence-electron chi connectivity index (χ2n) is 8.46. The van der Waals surface area contributed by atoms with Crippen LogP contribution in [-0.4, -0.2) is 44.9 Å². The van der Waals surface area contributed by atoms with Crippen LogP contribution in [0.15, 0.2) is 42.6 Å². The van der Waals surface area contributed by atoms with Crippen molar-refractivity contribution >= 4 is 34.1 Å². The van der Waals surface area contributed by atoms with Crippen molar-refractivity contribution in [3.05, 3.63) is 70.7 Å². The Bertz CT molecular complexity index is 1390. The molecule has 10 heteroatoms. The molecule has 0 radical (unpaired) electrons. The fourth-order valence-electron chi connectivity index (χ4n) is 4.30. The summed E-state index contributed by atoms with van der Waals surface area (Å²) in [6.45, 7) is 2.86. The molecule has 0 saturated carbocycles. The number of aryl methyl sites for hydroxylation is 1. The number of fused-ring (bicyclic) bond motifs is 1. The van der Waals surface area contributed by atoms with Crippen LogP contribution in [0.25, 0.3) is 21.5 Å². The standard InChI is InChI=1S/C25H22F3N5OS/c1-14-31-23(24(35-14)15-5-7-16(26)8-6-15)25(34)33-9-3-2-4-17(33)12-30-22-13-29-20-10-18(27)19(28)11-21(20)32-22/h5-8,10-11,13,17H,2-4,9,12H2,1H3,(H,30,32). The Morgan fingerprint density at radius 3 is 2.60 bits per heavy atom. The normalized spacial score (nSPS) is 16.0. The van der Waals surface area contributed by atoms with Gasteiger partial charge in [-0.1, -0.05) is 12.1 Å². The van der Waals surface area contributed by atoms with E-state index in [0.717, 1.165) is 46.8 Å². The van der Waals surface area contributed by atoms with Crippen LogP contribution < -0.4 is 5.32 Å². The maximum absolute atomic E-state index is 13.6. The fourth-order valence-corrected chi connectivity index (χ4v) is 5.22. The summed E-state index contributed by atoms with van der Waals surface area (Å²) in [6.07, 6.45) is 4.13. The van der Waals surface area contributed by atoms with Gasteiger partial charge in [-0.05, 0) is 43.9 Å². The summed E-state index contributed by atoms with van der Waals surface area (Å²) in [5, 5.41) is 3.95. The van der Waals surface area contributed by atoms with E-state index in [0.29, 0.717) is 24.6 Å². The van der Waals surface area contributed by atoms with E-state index >= 15 is 0 Å². The zero-order valence-electron chi connectivity index (χ0n) is 18.9. The maximum atomic E-state index is 13.6. The van der Waals surface area contributed by atoms with Gasteiger partial charge in [0.2, 0.25) is 0 Å². The van der Waals surface area contributed by atoms with Crippen molar-refractivity contribution in [2.45, 2.75) is 32.2 Å². The van der Waals surface area contributed by atoms with Gasteiger partial charge in [0.05, 0.1) is 27.1 Å². The number of hydrogen-bond acceptors (Lipinski definition) is 6. The zero-order chi connectivity index (χ0) is 24.5. The lowest BCUT2D eigenvalue weighted by Crippen LogP contribution is -2.47. The van der Waals surface area contributed by atoms with E-state index in [-0.39, 0.29) is 28.8 Å². The summed E-state index contributed by atoms with van der Waals surface area (Å²) in [6, 6.07) is 7.97. The molecule has 6 nitrogen and oxygen atoms in total. The van der Waals surface area contributed by atoms with Crippen molar-refractivity contribution in [1.29, 1.82) is 0 Å². The molecule has 5 rings (SSSR count). The third kappa shape index (κ3) is 4.84. The first-order chi connectivity index (χ1) is 16.9. The Kier molecular flexibility index (Phi) is 6.38. The molecule has 1 aliphatic rings. The summed E-state index contributed by atoms with van der Waals surface area (Å²) >= 11 is 1.41. The predicted molar refractivity (Wildman–Crippen MR) is 129 cm³/mol. The van der Waals surface area contributed by atoms with Gasteiger partial charge in [-0.2, -0.15) is 0 Å². The van der Waals surface area contributed by atoms with E-state index in [1.807, 2.05) is 11.8 Å².